The van der Waals surface area contributed by atoms with E-state index in [4.69, 9.17) is 0 Å². The van der Waals surface area contributed by atoms with Crippen molar-refractivity contribution in [3.05, 3.63) is 121 Å². The zero-order valence-corrected chi connectivity index (χ0v) is 20.8. The number of hydrogen-bond acceptors (Lipinski definition) is 0. The number of benzene rings is 4. The maximum atomic E-state index is 2.47. The summed E-state index contributed by atoms with van der Waals surface area (Å²) in [4.78, 5) is 0. The van der Waals surface area contributed by atoms with Gasteiger partial charge in [-0.15, -0.1) is 0 Å². The van der Waals surface area contributed by atoms with Gasteiger partial charge in [-0.3, -0.25) is 0 Å². The first kappa shape index (κ1) is 22.9. The van der Waals surface area contributed by atoms with Crippen molar-refractivity contribution in [3.8, 4) is 0 Å². The van der Waals surface area contributed by atoms with Crippen LogP contribution in [0.5, 0.6) is 0 Å². The zero-order valence-electron chi connectivity index (χ0n) is 19.0. The van der Waals surface area contributed by atoms with Gasteiger partial charge in [-0.1, -0.05) is 142 Å². The summed E-state index contributed by atoms with van der Waals surface area (Å²) in [5.74, 6) is 0.652. The molecule has 2 unspecified atom stereocenters. The van der Waals surface area contributed by atoms with E-state index in [2.05, 4.69) is 135 Å². The van der Waals surface area contributed by atoms with Gasteiger partial charge in [0.05, 0.1) is 0 Å². The Morgan fingerprint density at radius 2 is 0.875 bits per heavy atom. The van der Waals surface area contributed by atoms with E-state index in [1.54, 1.807) is 0 Å². The van der Waals surface area contributed by atoms with Crippen molar-refractivity contribution >= 4 is 37.1 Å². The van der Waals surface area contributed by atoms with Crippen LogP contribution in [0.25, 0.3) is 0 Å². The van der Waals surface area contributed by atoms with Gasteiger partial charge in [0.2, 0.25) is 0 Å². The molecule has 0 nitrogen and oxygen atoms in total. The Morgan fingerprint density at radius 3 is 1.22 bits per heavy atom. The van der Waals surface area contributed by atoms with Crippen molar-refractivity contribution in [2.75, 3.05) is 6.16 Å². The molecule has 0 spiro atoms. The molecule has 0 N–H and O–H groups in total. The van der Waals surface area contributed by atoms with E-state index in [1.807, 2.05) is 0 Å². The molecule has 0 heterocycles. The van der Waals surface area contributed by atoms with Gasteiger partial charge in [-0.2, -0.15) is 0 Å². The van der Waals surface area contributed by atoms with Crippen molar-refractivity contribution in [2.45, 2.75) is 25.9 Å². The lowest BCUT2D eigenvalue weighted by atomic mass is 10.1. The third kappa shape index (κ3) is 5.56. The minimum Gasteiger partial charge on any atom is -0.0651 e. The fourth-order valence-electron chi connectivity index (χ4n) is 4.26. The molecule has 2 heteroatoms. The molecule has 0 aromatic heterocycles. The maximum Gasteiger partial charge on any atom is -0.00579 e. The smallest absolute Gasteiger partial charge is 0.00579 e. The highest BCUT2D eigenvalue weighted by Gasteiger charge is 2.31. The fraction of sp³-hybridized carbons (Fsp3) is 0.200. The summed E-state index contributed by atoms with van der Waals surface area (Å²) in [5, 5.41) is 5.96. The predicted molar refractivity (Wildman–Crippen MR) is 146 cm³/mol. The van der Waals surface area contributed by atoms with Crippen LogP contribution in [0.1, 0.15) is 20.3 Å². The zero-order chi connectivity index (χ0) is 22.2. The lowest BCUT2D eigenvalue weighted by molar-refractivity contribution is 0.557. The van der Waals surface area contributed by atoms with Crippen LogP contribution < -0.4 is 21.2 Å². The molecule has 4 aromatic carbocycles. The molecule has 0 saturated carbocycles. The summed E-state index contributed by atoms with van der Waals surface area (Å²) in [6.45, 7) is 4.82. The van der Waals surface area contributed by atoms with Crippen LogP contribution in [0, 0.1) is 5.92 Å². The Labute approximate surface area is 196 Å². The van der Waals surface area contributed by atoms with Crippen LogP contribution in [-0.2, 0) is 0 Å². The van der Waals surface area contributed by atoms with Gasteiger partial charge in [0.15, 0.2) is 0 Å². The topological polar surface area (TPSA) is 0 Å². The molecule has 0 bridgehead atoms. The highest BCUT2D eigenvalue weighted by atomic mass is 31.1. The summed E-state index contributed by atoms with van der Waals surface area (Å²) >= 11 is 0. The van der Waals surface area contributed by atoms with Crippen LogP contribution in [0.2, 0.25) is 0 Å². The first-order chi connectivity index (χ1) is 15.8. The second-order valence-corrected chi connectivity index (χ2v) is 13.0. The molecule has 0 fully saturated rings. The molecular formula is C30H32P2. The Kier molecular flexibility index (Phi) is 8.28. The normalized spacial score (nSPS) is 13.2. The lowest BCUT2D eigenvalue weighted by Crippen LogP contribution is -2.31. The molecule has 0 aliphatic carbocycles. The standard InChI is InChI=1S/C30H32P2/c1-3-25(2)30(32(28-20-12-6-13-21-28)29-22-14-7-15-23-29)24-31(26-16-8-4-9-17-26)27-18-10-5-11-19-27/h4-23,25,30H,3,24H2,1-2H3. The van der Waals surface area contributed by atoms with Crippen LogP contribution in [0.15, 0.2) is 121 Å². The largest absolute Gasteiger partial charge is 0.0651 e. The molecule has 2 atom stereocenters. The molecule has 32 heavy (non-hydrogen) atoms. The van der Waals surface area contributed by atoms with Gasteiger partial charge in [0.1, 0.15) is 0 Å². The van der Waals surface area contributed by atoms with Crippen LogP contribution >= 0.6 is 15.8 Å². The van der Waals surface area contributed by atoms with Crippen molar-refractivity contribution in [2.24, 2.45) is 5.92 Å². The second kappa shape index (κ2) is 11.6. The van der Waals surface area contributed by atoms with Gasteiger partial charge >= 0.3 is 0 Å². The fourth-order valence-corrected chi connectivity index (χ4v) is 10.7. The van der Waals surface area contributed by atoms with E-state index in [1.165, 1.54) is 33.8 Å². The number of hydrogen-bond donors (Lipinski definition) is 0. The average Bonchev–Trinajstić information content (AvgIpc) is 2.88. The Morgan fingerprint density at radius 1 is 0.531 bits per heavy atom. The third-order valence-corrected chi connectivity index (χ3v) is 12.2. The maximum absolute atomic E-state index is 2.47. The molecule has 0 aliphatic heterocycles. The molecule has 0 aliphatic rings. The lowest BCUT2D eigenvalue weighted by Gasteiger charge is -2.36. The molecule has 4 aromatic rings. The Bertz CT molecular complexity index is 970. The molecule has 162 valence electrons. The molecule has 0 saturated heterocycles. The van der Waals surface area contributed by atoms with E-state index in [0.29, 0.717) is 11.6 Å². The van der Waals surface area contributed by atoms with Gasteiger partial charge in [-0.25, -0.2) is 0 Å². The summed E-state index contributed by atoms with van der Waals surface area (Å²) in [7, 11) is -0.882. The average molecular weight is 455 g/mol. The monoisotopic (exact) mass is 454 g/mol. The minimum atomic E-state index is -0.457. The Hall–Kier alpha value is -2.26. The van der Waals surface area contributed by atoms with E-state index in [-0.39, 0.29) is 0 Å². The van der Waals surface area contributed by atoms with E-state index >= 15 is 0 Å². The van der Waals surface area contributed by atoms with E-state index < -0.39 is 15.8 Å². The van der Waals surface area contributed by atoms with Gasteiger partial charge in [0, 0.05) is 0 Å². The summed E-state index contributed by atoms with van der Waals surface area (Å²) in [6.07, 6.45) is 2.42. The molecule has 4 rings (SSSR count). The molecule has 0 amide bonds. The van der Waals surface area contributed by atoms with Crippen LogP contribution in [0.4, 0.5) is 0 Å². The minimum absolute atomic E-state index is 0.425. The predicted octanol–water partition coefficient (Wildman–Crippen LogP) is 6.67. The number of rotatable bonds is 9. The van der Waals surface area contributed by atoms with Gasteiger partial charge in [0.25, 0.3) is 0 Å². The van der Waals surface area contributed by atoms with Gasteiger partial charge < -0.3 is 0 Å². The first-order valence-corrected chi connectivity index (χ1v) is 14.5. The first-order valence-electron chi connectivity index (χ1n) is 11.5. The van der Waals surface area contributed by atoms with Crippen molar-refractivity contribution in [1.82, 2.24) is 0 Å². The van der Waals surface area contributed by atoms with Crippen molar-refractivity contribution in [1.29, 1.82) is 0 Å². The summed E-state index contributed by atoms with van der Waals surface area (Å²) in [6, 6.07) is 44.9. The summed E-state index contributed by atoms with van der Waals surface area (Å²) < 4.78 is 0. The highest BCUT2D eigenvalue weighted by Crippen LogP contribution is 2.49. The highest BCUT2D eigenvalue weighted by molar-refractivity contribution is 7.77. The van der Waals surface area contributed by atoms with E-state index in [0.717, 1.165) is 0 Å². The molecular weight excluding hydrogens is 422 g/mol. The van der Waals surface area contributed by atoms with Crippen molar-refractivity contribution < 1.29 is 0 Å². The van der Waals surface area contributed by atoms with E-state index in [9.17, 15) is 0 Å². The SMILES string of the molecule is CCC(C)C(CP(c1ccccc1)c1ccccc1)P(c1ccccc1)c1ccccc1. The Balaban J connectivity index is 1.80. The summed E-state index contributed by atoms with van der Waals surface area (Å²) in [5.41, 5.74) is 0.617. The third-order valence-electron chi connectivity index (χ3n) is 6.21. The van der Waals surface area contributed by atoms with Crippen LogP contribution in [-0.4, -0.2) is 11.8 Å². The quantitative estimate of drug-likeness (QED) is 0.248. The van der Waals surface area contributed by atoms with Crippen LogP contribution in [0.3, 0.4) is 0 Å². The van der Waals surface area contributed by atoms with Gasteiger partial charge in [-0.05, 0) is 54.8 Å². The molecule has 0 radical (unpaired) electrons. The van der Waals surface area contributed by atoms with Crippen molar-refractivity contribution in [3.63, 3.8) is 0 Å². The second-order valence-electron chi connectivity index (χ2n) is 8.28.